The van der Waals surface area contributed by atoms with E-state index in [4.69, 9.17) is 21.4 Å². The Bertz CT molecular complexity index is 316. The van der Waals surface area contributed by atoms with Crippen molar-refractivity contribution in [2.75, 3.05) is 26.4 Å². The third-order valence-corrected chi connectivity index (χ3v) is 3.02. The lowest BCUT2D eigenvalue weighted by atomic mass is 10.0. The third kappa shape index (κ3) is 5.83. The number of halogens is 1. The Morgan fingerprint density at radius 2 is 2.00 bits per heavy atom. The average molecular weight is 272 g/mol. The first kappa shape index (κ1) is 15.4. The molecule has 0 heterocycles. The van der Waals surface area contributed by atoms with E-state index >= 15 is 0 Å². The topological polar surface area (TPSA) is 41.5 Å². The first-order chi connectivity index (χ1) is 8.77. The van der Waals surface area contributed by atoms with Crippen LogP contribution in [0.15, 0.2) is 24.3 Å². The van der Waals surface area contributed by atoms with Crippen LogP contribution < -0.4 is 5.32 Å². The Morgan fingerprint density at radius 3 is 2.61 bits per heavy atom. The van der Waals surface area contributed by atoms with E-state index < -0.39 is 0 Å². The predicted octanol–water partition coefficient (Wildman–Crippen LogP) is 2.78. The highest BCUT2D eigenvalue weighted by molar-refractivity contribution is 6.30. The van der Waals surface area contributed by atoms with Crippen LogP contribution in [-0.4, -0.2) is 31.5 Å². The van der Waals surface area contributed by atoms with Crippen LogP contribution in [0.1, 0.15) is 31.4 Å². The van der Waals surface area contributed by atoms with E-state index in [9.17, 15) is 0 Å². The minimum atomic E-state index is 0.0930. The number of benzene rings is 1. The molecular formula is C14H22ClNO2. The molecule has 0 bridgehead atoms. The zero-order valence-electron chi connectivity index (χ0n) is 10.9. The van der Waals surface area contributed by atoms with Gasteiger partial charge in [-0.1, -0.05) is 30.7 Å². The van der Waals surface area contributed by atoms with Crippen molar-refractivity contribution in [1.29, 1.82) is 0 Å². The van der Waals surface area contributed by atoms with E-state index in [-0.39, 0.29) is 6.61 Å². The summed E-state index contributed by atoms with van der Waals surface area (Å²) in [5.41, 5.74) is 1.26. The van der Waals surface area contributed by atoms with Crippen molar-refractivity contribution in [3.05, 3.63) is 34.9 Å². The van der Waals surface area contributed by atoms with Crippen molar-refractivity contribution in [3.8, 4) is 0 Å². The van der Waals surface area contributed by atoms with E-state index in [1.807, 2.05) is 12.1 Å². The second-order valence-corrected chi connectivity index (χ2v) is 4.59. The lowest BCUT2D eigenvalue weighted by molar-refractivity contribution is 0.0903. The smallest absolute Gasteiger partial charge is 0.0697 e. The Kier molecular flexibility index (Phi) is 8.01. The summed E-state index contributed by atoms with van der Waals surface area (Å²) in [6.07, 6.45) is 1.99. The average Bonchev–Trinajstić information content (AvgIpc) is 2.39. The fraction of sp³-hybridized carbons (Fsp3) is 0.571. The first-order valence-electron chi connectivity index (χ1n) is 6.45. The van der Waals surface area contributed by atoms with Crippen molar-refractivity contribution >= 4 is 11.6 Å². The van der Waals surface area contributed by atoms with Crippen molar-refractivity contribution in [3.63, 3.8) is 0 Å². The molecule has 3 nitrogen and oxygen atoms in total. The lowest BCUT2D eigenvalue weighted by Crippen LogP contribution is -2.23. The summed E-state index contributed by atoms with van der Waals surface area (Å²) in [5.74, 6) is 0. The van der Waals surface area contributed by atoms with Crippen LogP contribution >= 0.6 is 11.6 Å². The highest BCUT2D eigenvalue weighted by atomic mass is 35.5. The molecule has 1 rings (SSSR count). The summed E-state index contributed by atoms with van der Waals surface area (Å²) < 4.78 is 5.21. The largest absolute Gasteiger partial charge is 0.394 e. The quantitative estimate of drug-likeness (QED) is 0.679. The predicted molar refractivity (Wildman–Crippen MR) is 75.0 cm³/mol. The molecule has 0 amide bonds. The fourth-order valence-corrected chi connectivity index (χ4v) is 1.94. The molecule has 1 atom stereocenters. The molecule has 0 radical (unpaired) electrons. The number of rotatable bonds is 9. The molecule has 0 aromatic heterocycles. The molecule has 2 N–H and O–H groups in total. The van der Waals surface area contributed by atoms with Gasteiger partial charge in [-0.25, -0.2) is 0 Å². The number of aliphatic hydroxyl groups excluding tert-OH is 1. The van der Waals surface area contributed by atoms with E-state index in [1.165, 1.54) is 5.56 Å². The zero-order valence-corrected chi connectivity index (χ0v) is 11.6. The monoisotopic (exact) mass is 271 g/mol. The van der Waals surface area contributed by atoms with Crippen LogP contribution in [0.25, 0.3) is 0 Å². The summed E-state index contributed by atoms with van der Waals surface area (Å²) in [6, 6.07) is 8.33. The lowest BCUT2D eigenvalue weighted by Gasteiger charge is -2.17. The highest BCUT2D eigenvalue weighted by Crippen LogP contribution is 2.18. The van der Waals surface area contributed by atoms with Crippen LogP contribution in [0.5, 0.6) is 0 Å². The molecular weight excluding hydrogens is 250 g/mol. The van der Waals surface area contributed by atoms with Gasteiger partial charge in [0.15, 0.2) is 0 Å². The van der Waals surface area contributed by atoms with Crippen LogP contribution in [-0.2, 0) is 4.74 Å². The molecule has 102 valence electrons. The molecule has 4 heteroatoms. The van der Waals surface area contributed by atoms with Crippen molar-refractivity contribution in [2.45, 2.75) is 25.8 Å². The number of hydrogen-bond acceptors (Lipinski definition) is 3. The van der Waals surface area contributed by atoms with Crippen molar-refractivity contribution in [1.82, 2.24) is 5.32 Å². The summed E-state index contributed by atoms with van der Waals surface area (Å²) in [7, 11) is 0. The Labute approximate surface area is 114 Å². The number of ether oxygens (including phenoxy) is 1. The minimum Gasteiger partial charge on any atom is -0.394 e. The normalized spacial score (nSPS) is 12.6. The highest BCUT2D eigenvalue weighted by Gasteiger charge is 2.07. The molecule has 18 heavy (non-hydrogen) atoms. The van der Waals surface area contributed by atoms with E-state index in [0.29, 0.717) is 19.3 Å². The molecule has 1 aromatic carbocycles. The number of nitrogens with one attached hydrogen (secondary N) is 1. The Balaban J connectivity index is 2.27. The SMILES string of the molecule is CCC(NCCCOCCO)c1ccc(Cl)cc1. The first-order valence-corrected chi connectivity index (χ1v) is 6.83. The second-order valence-electron chi connectivity index (χ2n) is 4.16. The summed E-state index contributed by atoms with van der Waals surface area (Å²) in [5, 5.41) is 12.8. The van der Waals surface area contributed by atoms with E-state index in [0.717, 1.165) is 24.4 Å². The molecule has 0 spiro atoms. The second kappa shape index (κ2) is 9.34. The molecule has 0 aliphatic rings. The molecule has 0 aliphatic carbocycles. The Morgan fingerprint density at radius 1 is 1.28 bits per heavy atom. The van der Waals surface area contributed by atoms with Crippen LogP contribution in [0.2, 0.25) is 5.02 Å². The maximum Gasteiger partial charge on any atom is 0.0697 e. The number of hydrogen-bond donors (Lipinski definition) is 2. The fourth-order valence-electron chi connectivity index (χ4n) is 1.81. The van der Waals surface area contributed by atoms with Gasteiger partial charge in [-0.2, -0.15) is 0 Å². The third-order valence-electron chi connectivity index (χ3n) is 2.77. The molecule has 0 fully saturated rings. The van der Waals surface area contributed by atoms with Gasteiger partial charge in [-0.3, -0.25) is 0 Å². The molecule has 0 aliphatic heterocycles. The number of aliphatic hydroxyl groups is 1. The van der Waals surface area contributed by atoms with E-state index in [1.54, 1.807) is 0 Å². The van der Waals surface area contributed by atoms with Crippen LogP contribution in [0, 0.1) is 0 Å². The van der Waals surface area contributed by atoms with Crippen molar-refractivity contribution < 1.29 is 9.84 Å². The Hall–Kier alpha value is -0.610. The van der Waals surface area contributed by atoms with Gasteiger partial charge >= 0.3 is 0 Å². The summed E-state index contributed by atoms with van der Waals surface area (Å²) in [4.78, 5) is 0. The maximum atomic E-state index is 8.57. The zero-order chi connectivity index (χ0) is 13.2. The molecule has 0 saturated heterocycles. The van der Waals surface area contributed by atoms with E-state index in [2.05, 4.69) is 24.4 Å². The van der Waals surface area contributed by atoms with Gasteiger partial charge in [0.2, 0.25) is 0 Å². The van der Waals surface area contributed by atoms with Crippen LogP contribution in [0.3, 0.4) is 0 Å². The van der Waals surface area contributed by atoms with Crippen molar-refractivity contribution in [2.24, 2.45) is 0 Å². The molecule has 1 unspecified atom stereocenters. The maximum absolute atomic E-state index is 8.57. The van der Waals surface area contributed by atoms with Gasteiger partial charge in [-0.05, 0) is 37.1 Å². The molecule has 1 aromatic rings. The summed E-state index contributed by atoms with van der Waals surface area (Å²) >= 11 is 5.88. The van der Waals surface area contributed by atoms with Gasteiger partial charge < -0.3 is 15.2 Å². The molecule has 0 saturated carbocycles. The van der Waals surface area contributed by atoms with Gasteiger partial charge in [0.05, 0.1) is 13.2 Å². The van der Waals surface area contributed by atoms with Gasteiger partial charge in [0.1, 0.15) is 0 Å². The summed E-state index contributed by atoms with van der Waals surface area (Å²) in [6.45, 7) is 4.27. The van der Waals surface area contributed by atoms with Gasteiger partial charge in [0, 0.05) is 17.7 Å². The van der Waals surface area contributed by atoms with Crippen LogP contribution in [0.4, 0.5) is 0 Å². The minimum absolute atomic E-state index is 0.0930. The van der Waals surface area contributed by atoms with Gasteiger partial charge in [-0.15, -0.1) is 0 Å². The van der Waals surface area contributed by atoms with Gasteiger partial charge in [0.25, 0.3) is 0 Å². The standard InChI is InChI=1S/C14H22ClNO2/c1-2-14(12-4-6-13(15)7-5-12)16-8-3-10-18-11-9-17/h4-7,14,16-17H,2-3,8-11H2,1H3.